The van der Waals surface area contributed by atoms with Crippen molar-refractivity contribution in [1.29, 1.82) is 0 Å². The monoisotopic (exact) mass is 454 g/mol. The van der Waals surface area contributed by atoms with Gasteiger partial charge in [-0.25, -0.2) is 4.39 Å². The number of rotatable bonds is 10. The van der Waals surface area contributed by atoms with Crippen molar-refractivity contribution >= 4 is 6.29 Å². The van der Waals surface area contributed by atoms with Gasteiger partial charge in [0.05, 0.1) is 7.11 Å². The first-order chi connectivity index (χ1) is 16.0. The van der Waals surface area contributed by atoms with E-state index in [0.717, 1.165) is 17.0 Å². The van der Waals surface area contributed by atoms with Crippen molar-refractivity contribution in [3.8, 4) is 16.9 Å². The van der Waals surface area contributed by atoms with Crippen LogP contribution in [0.5, 0.6) is 5.75 Å². The summed E-state index contributed by atoms with van der Waals surface area (Å²) in [6.07, 6.45) is 11.9. The maximum Gasteiger partial charge on any atom is 0.165 e. The molecule has 180 valence electrons. The van der Waals surface area contributed by atoms with Crippen molar-refractivity contribution in [2.75, 3.05) is 13.7 Å². The van der Waals surface area contributed by atoms with E-state index in [-0.39, 0.29) is 12.4 Å². The van der Waals surface area contributed by atoms with Crippen LogP contribution >= 0.6 is 0 Å². The molecule has 4 heteroatoms. The zero-order valence-electron chi connectivity index (χ0n) is 20.2. The molecule has 0 spiro atoms. The highest BCUT2D eigenvalue weighted by atomic mass is 19.1. The molecular formula is C29H39FO3. The Morgan fingerprint density at radius 3 is 2.27 bits per heavy atom. The maximum atomic E-state index is 13.9. The number of carbonyl (C=O) groups is 1. The van der Waals surface area contributed by atoms with Crippen LogP contribution in [-0.2, 0) is 4.79 Å². The average molecular weight is 455 g/mol. The average Bonchev–Trinajstić information content (AvgIpc) is 2.85. The lowest BCUT2D eigenvalue weighted by Crippen LogP contribution is -2.13. The van der Waals surface area contributed by atoms with Crippen molar-refractivity contribution in [3.05, 3.63) is 66.0 Å². The summed E-state index contributed by atoms with van der Waals surface area (Å²) in [6.45, 7) is 5.63. The Bertz CT molecular complexity index is 852. The van der Waals surface area contributed by atoms with E-state index in [1.54, 1.807) is 12.1 Å². The normalized spacial score (nSPS) is 17.6. The fraction of sp³-hybridized carbons (Fsp3) is 0.483. The molecule has 0 aliphatic heterocycles. The lowest BCUT2D eigenvalue weighted by atomic mass is 9.77. The van der Waals surface area contributed by atoms with E-state index in [2.05, 4.69) is 37.8 Å². The topological polar surface area (TPSA) is 46.5 Å². The largest absolute Gasteiger partial charge is 0.494 e. The quantitative estimate of drug-likeness (QED) is 0.230. The van der Waals surface area contributed by atoms with E-state index in [0.29, 0.717) is 29.9 Å². The summed E-state index contributed by atoms with van der Waals surface area (Å²) in [5.74, 6) is 1.62. The second kappa shape index (κ2) is 14.6. The predicted octanol–water partition coefficient (Wildman–Crippen LogP) is 7.48. The molecule has 0 radical (unpaired) electrons. The third kappa shape index (κ3) is 8.77. The standard InChI is InChI=1S/C24H31FO.C5H8O2/c1-3-4-5-6-18-7-9-19(10-8-18)20-11-13-21(14-12-20)22-15-16-24(26-2)23(25)17-22;1-5(4-7)2-3-6/h11-19H,3-10H2,1-2H3;4,6H,1-3H2. The van der Waals surface area contributed by atoms with E-state index in [4.69, 9.17) is 9.84 Å². The smallest absolute Gasteiger partial charge is 0.165 e. The highest BCUT2D eigenvalue weighted by Gasteiger charge is 2.22. The van der Waals surface area contributed by atoms with Gasteiger partial charge in [-0.2, -0.15) is 0 Å². The molecular weight excluding hydrogens is 415 g/mol. The van der Waals surface area contributed by atoms with E-state index in [9.17, 15) is 9.18 Å². The first kappa shape index (κ1) is 26.8. The number of halogens is 1. The summed E-state index contributed by atoms with van der Waals surface area (Å²) in [4.78, 5) is 9.68. The summed E-state index contributed by atoms with van der Waals surface area (Å²) in [6, 6.07) is 13.9. The van der Waals surface area contributed by atoms with E-state index in [1.807, 2.05) is 6.07 Å². The Labute approximate surface area is 198 Å². The molecule has 0 saturated heterocycles. The number of unbranched alkanes of at least 4 members (excludes halogenated alkanes) is 2. The van der Waals surface area contributed by atoms with E-state index in [1.165, 1.54) is 64.0 Å². The molecule has 0 heterocycles. The van der Waals surface area contributed by atoms with Gasteiger partial charge in [0.25, 0.3) is 0 Å². The second-order valence-electron chi connectivity index (χ2n) is 8.93. The molecule has 0 unspecified atom stereocenters. The number of methoxy groups -OCH3 is 1. The van der Waals surface area contributed by atoms with Crippen LogP contribution in [0.15, 0.2) is 54.6 Å². The predicted molar refractivity (Wildman–Crippen MR) is 134 cm³/mol. The van der Waals surface area contributed by atoms with Crippen LogP contribution in [0, 0.1) is 11.7 Å². The van der Waals surface area contributed by atoms with Gasteiger partial charge in [-0.15, -0.1) is 0 Å². The van der Waals surface area contributed by atoms with Crippen LogP contribution in [-0.4, -0.2) is 25.1 Å². The molecule has 3 nitrogen and oxygen atoms in total. The molecule has 1 N–H and O–H groups in total. The molecule has 3 rings (SSSR count). The number of hydrogen-bond acceptors (Lipinski definition) is 3. The van der Waals surface area contributed by atoms with Gasteiger partial charge >= 0.3 is 0 Å². The van der Waals surface area contributed by atoms with Crippen molar-refractivity contribution in [3.63, 3.8) is 0 Å². The Hall–Kier alpha value is -2.46. The molecule has 1 fully saturated rings. The van der Waals surface area contributed by atoms with Crippen molar-refractivity contribution in [2.45, 2.75) is 70.6 Å². The summed E-state index contributed by atoms with van der Waals surface area (Å²) in [7, 11) is 1.49. The van der Waals surface area contributed by atoms with Gasteiger partial charge in [-0.1, -0.05) is 69.5 Å². The number of carbonyl (C=O) groups excluding carboxylic acids is 1. The molecule has 1 saturated carbocycles. The molecule has 1 aliphatic carbocycles. The van der Waals surface area contributed by atoms with Crippen LogP contribution in [0.3, 0.4) is 0 Å². The summed E-state index contributed by atoms with van der Waals surface area (Å²) in [5, 5.41) is 8.15. The first-order valence-electron chi connectivity index (χ1n) is 12.2. The number of benzene rings is 2. The zero-order valence-corrected chi connectivity index (χ0v) is 20.2. The fourth-order valence-electron chi connectivity index (χ4n) is 4.46. The van der Waals surface area contributed by atoms with Crippen LogP contribution in [0.25, 0.3) is 11.1 Å². The summed E-state index contributed by atoms with van der Waals surface area (Å²) in [5.41, 5.74) is 3.84. The minimum atomic E-state index is -0.310. The number of hydrogen-bond donors (Lipinski definition) is 1. The van der Waals surface area contributed by atoms with Crippen molar-refractivity contribution in [2.24, 2.45) is 5.92 Å². The van der Waals surface area contributed by atoms with Crippen LogP contribution in [0.4, 0.5) is 4.39 Å². The third-order valence-corrected chi connectivity index (χ3v) is 6.53. The van der Waals surface area contributed by atoms with Gasteiger partial charge in [0.1, 0.15) is 6.29 Å². The Morgan fingerprint density at radius 1 is 1.09 bits per heavy atom. The Balaban J connectivity index is 0.000000479. The molecule has 2 aromatic rings. The SMILES string of the molecule is C=C(C=O)CCO.CCCCCC1CCC(c2ccc(-c3ccc(OC)c(F)c3)cc2)CC1. The van der Waals surface area contributed by atoms with E-state index < -0.39 is 0 Å². The van der Waals surface area contributed by atoms with Crippen molar-refractivity contribution < 1.29 is 19.0 Å². The molecule has 1 aliphatic rings. The molecule has 33 heavy (non-hydrogen) atoms. The van der Waals surface area contributed by atoms with Gasteiger partial charge in [0.2, 0.25) is 0 Å². The minimum absolute atomic E-state index is 0.0115. The minimum Gasteiger partial charge on any atom is -0.494 e. The maximum absolute atomic E-state index is 13.9. The highest BCUT2D eigenvalue weighted by Crippen LogP contribution is 2.38. The van der Waals surface area contributed by atoms with Gasteiger partial charge in [0, 0.05) is 6.61 Å². The van der Waals surface area contributed by atoms with E-state index >= 15 is 0 Å². The van der Waals surface area contributed by atoms with Gasteiger partial charge in [-0.3, -0.25) is 4.79 Å². The fourth-order valence-corrected chi connectivity index (χ4v) is 4.46. The van der Waals surface area contributed by atoms with Crippen molar-refractivity contribution in [1.82, 2.24) is 0 Å². The number of aldehydes is 1. The van der Waals surface area contributed by atoms with Gasteiger partial charge < -0.3 is 9.84 Å². The number of aliphatic hydroxyl groups excluding tert-OH is 1. The zero-order chi connectivity index (χ0) is 24.1. The Morgan fingerprint density at radius 2 is 1.76 bits per heavy atom. The van der Waals surface area contributed by atoms with Gasteiger partial charge in [0.15, 0.2) is 11.6 Å². The Kier molecular flexibility index (Phi) is 11.9. The molecule has 2 aromatic carbocycles. The van der Waals surface area contributed by atoms with Crippen LogP contribution < -0.4 is 4.74 Å². The molecule has 0 atom stereocenters. The molecule has 0 aromatic heterocycles. The lowest BCUT2D eigenvalue weighted by Gasteiger charge is -2.29. The third-order valence-electron chi connectivity index (χ3n) is 6.53. The van der Waals surface area contributed by atoms with Crippen LogP contribution in [0.2, 0.25) is 0 Å². The van der Waals surface area contributed by atoms with Gasteiger partial charge in [-0.05, 0) is 78.3 Å². The summed E-state index contributed by atoms with van der Waals surface area (Å²) < 4.78 is 18.9. The summed E-state index contributed by atoms with van der Waals surface area (Å²) >= 11 is 0. The van der Waals surface area contributed by atoms with Crippen LogP contribution in [0.1, 0.15) is 76.2 Å². The molecule has 0 amide bonds. The second-order valence-corrected chi connectivity index (χ2v) is 8.93. The molecule has 0 bridgehead atoms. The lowest BCUT2D eigenvalue weighted by molar-refractivity contribution is -0.105. The number of ether oxygens (including phenoxy) is 1. The highest BCUT2D eigenvalue weighted by molar-refractivity contribution is 5.71. The number of aliphatic hydroxyl groups is 1. The first-order valence-corrected chi connectivity index (χ1v) is 12.2.